The number of hydrogen-bond donors (Lipinski definition) is 1. The Balaban J connectivity index is 2.57. The minimum absolute atomic E-state index is 0.0715. The number of pyridine rings is 1. The molecule has 1 unspecified atom stereocenters. The number of aromatic nitrogens is 1. The Bertz CT molecular complexity index is 346. The molecule has 0 amide bonds. The van der Waals surface area contributed by atoms with Crippen molar-refractivity contribution in [3.8, 4) is 0 Å². The molecule has 2 nitrogen and oxygen atoms in total. The molecule has 0 aliphatic carbocycles. The first kappa shape index (κ1) is 14.0. The van der Waals surface area contributed by atoms with Crippen LogP contribution in [0.4, 0.5) is 13.2 Å². The zero-order chi connectivity index (χ0) is 13.1. The Labute approximate surface area is 98.5 Å². The molecule has 17 heavy (non-hydrogen) atoms. The minimum atomic E-state index is -4.34. The average Bonchev–Trinajstić information content (AvgIpc) is 2.15. The summed E-state index contributed by atoms with van der Waals surface area (Å²) in [6, 6.07) is 3.49. The fourth-order valence-corrected chi connectivity index (χ4v) is 1.48. The molecule has 96 valence electrons. The first-order valence-corrected chi connectivity index (χ1v) is 5.47. The highest BCUT2D eigenvalue weighted by atomic mass is 19.4. The summed E-state index contributed by atoms with van der Waals surface area (Å²) < 4.78 is 36.0. The molecule has 5 heteroatoms. The molecule has 0 aliphatic heterocycles. The predicted octanol–water partition coefficient (Wildman–Crippen LogP) is 3.06. The van der Waals surface area contributed by atoms with Crippen LogP contribution in [0.2, 0.25) is 0 Å². The van der Waals surface area contributed by atoms with Crippen molar-refractivity contribution in [2.45, 2.75) is 44.9 Å². The summed E-state index contributed by atoms with van der Waals surface area (Å²) in [5, 5.41) is 9.26. The van der Waals surface area contributed by atoms with Crippen LogP contribution in [0, 0.1) is 0 Å². The van der Waals surface area contributed by atoms with Crippen molar-refractivity contribution in [3.05, 3.63) is 29.6 Å². The summed E-state index contributed by atoms with van der Waals surface area (Å²) >= 11 is 0. The van der Waals surface area contributed by atoms with Gasteiger partial charge in [0.25, 0.3) is 0 Å². The normalized spacial score (nSPS) is 14.1. The highest BCUT2D eigenvalue weighted by molar-refractivity contribution is 5.17. The second-order valence-corrected chi connectivity index (χ2v) is 4.41. The van der Waals surface area contributed by atoms with Crippen molar-refractivity contribution < 1.29 is 18.3 Å². The van der Waals surface area contributed by atoms with Crippen LogP contribution in [0.25, 0.3) is 0 Å². The molecule has 0 aliphatic rings. The molecule has 0 spiro atoms. The highest BCUT2D eigenvalue weighted by Crippen LogP contribution is 2.23. The van der Waals surface area contributed by atoms with Crippen LogP contribution >= 0.6 is 0 Å². The maximum atomic E-state index is 12.0. The maximum Gasteiger partial charge on any atom is 0.391 e. The van der Waals surface area contributed by atoms with Crippen LogP contribution in [0.3, 0.4) is 0 Å². The summed E-state index contributed by atoms with van der Waals surface area (Å²) in [6.45, 7) is 4.02. The zero-order valence-corrected chi connectivity index (χ0v) is 9.83. The molecule has 0 aromatic carbocycles. The van der Waals surface area contributed by atoms with Crippen molar-refractivity contribution >= 4 is 0 Å². The van der Waals surface area contributed by atoms with Crippen molar-refractivity contribution in [3.63, 3.8) is 0 Å². The second kappa shape index (κ2) is 5.49. The number of aliphatic hydroxyl groups excluding tert-OH is 1. The third kappa shape index (κ3) is 5.17. The summed E-state index contributed by atoms with van der Waals surface area (Å²) in [6.07, 6.45) is -5.39. The monoisotopic (exact) mass is 247 g/mol. The minimum Gasteiger partial charge on any atom is -0.392 e. The van der Waals surface area contributed by atoms with Crippen LogP contribution in [-0.2, 0) is 6.42 Å². The lowest BCUT2D eigenvalue weighted by Gasteiger charge is -2.13. The van der Waals surface area contributed by atoms with E-state index in [-0.39, 0.29) is 6.42 Å². The third-order valence-electron chi connectivity index (χ3n) is 2.43. The molecule has 0 bridgehead atoms. The van der Waals surface area contributed by atoms with Crippen molar-refractivity contribution in [2.24, 2.45) is 0 Å². The van der Waals surface area contributed by atoms with E-state index in [4.69, 9.17) is 0 Å². The van der Waals surface area contributed by atoms with Gasteiger partial charge in [0.15, 0.2) is 0 Å². The van der Waals surface area contributed by atoms with Gasteiger partial charge in [-0.3, -0.25) is 4.98 Å². The SMILES string of the molecule is CC(C)c1ccc(CC(O)CC(F)(F)F)nc1. The van der Waals surface area contributed by atoms with Gasteiger partial charge in [0, 0.05) is 18.3 Å². The quantitative estimate of drug-likeness (QED) is 0.887. The largest absolute Gasteiger partial charge is 0.392 e. The number of alkyl halides is 3. The van der Waals surface area contributed by atoms with Gasteiger partial charge >= 0.3 is 6.18 Å². The lowest BCUT2D eigenvalue weighted by molar-refractivity contribution is -0.153. The van der Waals surface area contributed by atoms with E-state index >= 15 is 0 Å². The van der Waals surface area contributed by atoms with Gasteiger partial charge in [0.05, 0.1) is 12.5 Å². The molecule has 1 heterocycles. The predicted molar refractivity (Wildman–Crippen MR) is 58.7 cm³/mol. The number of halogens is 3. The standard InChI is InChI=1S/C12H16F3NO/c1-8(2)9-3-4-10(16-7-9)5-11(17)6-12(13,14)15/h3-4,7-8,11,17H,5-6H2,1-2H3. The van der Waals surface area contributed by atoms with E-state index in [1.54, 1.807) is 12.3 Å². The van der Waals surface area contributed by atoms with E-state index in [2.05, 4.69) is 4.98 Å². The summed E-state index contributed by atoms with van der Waals surface area (Å²) in [5.74, 6) is 0.330. The first-order chi connectivity index (χ1) is 7.78. The van der Waals surface area contributed by atoms with Gasteiger partial charge in [-0.2, -0.15) is 13.2 Å². The first-order valence-electron chi connectivity index (χ1n) is 5.47. The molecular weight excluding hydrogens is 231 g/mol. The average molecular weight is 247 g/mol. The van der Waals surface area contributed by atoms with Crippen LogP contribution in [0.1, 0.15) is 37.4 Å². The van der Waals surface area contributed by atoms with Crippen molar-refractivity contribution in [1.82, 2.24) is 4.98 Å². The lowest BCUT2D eigenvalue weighted by atomic mass is 10.0. The van der Waals surface area contributed by atoms with Gasteiger partial charge in [-0.05, 0) is 17.5 Å². The maximum absolute atomic E-state index is 12.0. The van der Waals surface area contributed by atoms with Gasteiger partial charge in [0.2, 0.25) is 0 Å². The Kier molecular flexibility index (Phi) is 4.51. The fourth-order valence-electron chi connectivity index (χ4n) is 1.48. The van der Waals surface area contributed by atoms with Gasteiger partial charge < -0.3 is 5.11 Å². The number of nitrogens with zero attached hydrogens (tertiary/aromatic N) is 1. The van der Waals surface area contributed by atoms with E-state index in [0.29, 0.717) is 11.6 Å². The highest BCUT2D eigenvalue weighted by Gasteiger charge is 2.31. The van der Waals surface area contributed by atoms with Crippen LogP contribution in [-0.4, -0.2) is 22.4 Å². The molecule has 1 atom stereocenters. The fraction of sp³-hybridized carbons (Fsp3) is 0.583. The van der Waals surface area contributed by atoms with Crippen LogP contribution in [0.5, 0.6) is 0 Å². The number of aliphatic hydroxyl groups is 1. The summed E-state index contributed by atoms with van der Waals surface area (Å²) in [5.41, 5.74) is 1.50. The van der Waals surface area contributed by atoms with E-state index in [0.717, 1.165) is 5.56 Å². The molecule has 1 N–H and O–H groups in total. The Morgan fingerprint density at radius 3 is 2.35 bits per heavy atom. The number of rotatable bonds is 4. The molecule has 1 aromatic rings. The molecule has 0 fully saturated rings. The van der Waals surface area contributed by atoms with Gasteiger partial charge in [-0.1, -0.05) is 19.9 Å². The Hall–Kier alpha value is -1.10. The lowest BCUT2D eigenvalue weighted by Crippen LogP contribution is -2.21. The van der Waals surface area contributed by atoms with Gasteiger partial charge in [0.1, 0.15) is 0 Å². The molecular formula is C12H16F3NO. The van der Waals surface area contributed by atoms with Crippen molar-refractivity contribution in [2.75, 3.05) is 0 Å². The molecule has 1 rings (SSSR count). The molecule has 1 aromatic heterocycles. The van der Waals surface area contributed by atoms with E-state index < -0.39 is 18.7 Å². The summed E-state index contributed by atoms with van der Waals surface area (Å²) in [4.78, 5) is 4.04. The van der Waals surface area contributed by atoms with Crippen LogP contribution < -0.4 is 0 Å². The van der Waals surface area contributed by atoms with Gasteiger partial charge in [-0.15, -0.1) is 0 Å². The smallest absolute Gasteiger partial charge is 0.391 e. The van der Waals surface area contributed by atoms with E-state index in [1.165, 1.54) is 0 Å². The molecule has 0 saturated heterocycles. The Morgan fingerprint density at radius 2 is 1.94 bits per heavy atom. The van der Waals surface area contributed by atoms with E-state index in [9.17, 15) is 18.3 Å². The Morgan fingerprint density at radius 1 is 1.29 bits per heavy atom. The van der Waals surface area contributed by atoms with Crippen molar-refractivity contribution in [1.29, 1.82) is 0 Å². The third-order valence-corrected chi connectivity index (χ3v) is 2.43. The van der Waals surface area contributed by atoms with Crippen LogP contribution in [0.15, 0.2) is 18.3 Å². The summed E-state index contributed by atoms with van der Waals surface area (Å²) in [7, 11) is 0. The zero-order valence-electron chi connectivity index (χ0n) is 9.83. The molecule has 0 saturated carbocycles. The van der Waals surface area contributed by atoms with E-state index in [1.807, 2.05) is 19.9 Å². The topological polar surface area (TPSA) is 33.1 Å². The second-order valence-electron chi connectivity index (χ2n) is 4.41. The molecule has 0 radical (unpaired) electrons. The van der Waals surface area contributed by atoms with Gasteiger partial charge in [-0.25, -0.2) is 0 Å². The number of hydrogen-bond acceptors (Lipinski definition) is 2.